The van der Waals surface area contributed by atoms with Crippen LogP contribution in [0.15, 0.2) is 89.5 Å². The Kier molecular flexibility index (Phi) is 11.5. The van der Waals surface area contributed by atoms with Crippen LogP contribution < -0.4 is 4.74 Å². The van der Waals surface area contributed by atoms with E-state index in [1.807, 2.05) is 53.1 Å². The molecule has 6 nitrogen and oxygen atoms in total. The quantitative estimate of drug-likeness (QED) is 0.138. The zero-order valence-corrected chi connectivity index (χ0v) is 26.3. The molecule has 0 saturated carbocycles. The van der Waals surface area contributed by atoms with Gasteiger partial charge in [-0.15, -0.1) is 0 Å². The molecule has 238 valence electrons. The van der Waals surface area contributed by atoms with Crippen LogP contribution in [0.25, 0.3) is 0 Å². The summed E-state index contributed by atoms with van der Waals surface area (Å²) in [5.74, 6) is 2.60. The standard InChI is InChI=1S/C34H35ClF3N3O3S/c35-33-27(13-7-14-30(33)34(36,37)38)23-40(24-29(25-9-3-1-4-10-25)26-11-5-2-6-12-26)15-8-18-43-31-21-28(44-39-31)22-32(42)41-16-19-45-20-17-41/h1-7,9-14,21,29H,8,15-20,22-24H2. The van der Waals surface area contributed by atoms with Gasteiger partial charge in [-0.2, -0.15) is 24.9 Å². The van der Waals surface area contributed by atoms with E-state index >= 15 is 0 Å². The van der Waals surface area contributed by atoms with Crippen molar-refractivity contribution < 1.29 is 27.2 Å². The molecule has 1 aliphatic rings. The summed E-state index contributed by atoms with van der Waals surface area (Å²) in [7, 11) is 0. The number of hydrogen-bond donors (Lipinski definition) is 0. The molecule has 11 heteroatoms. The number of aromatic nitrogens is 1. The van der Waals surface area contributed by atoms with Crippen molar-refractivity contribution in [3.05, 3.63) is 118 Å². The number of hydrogen-bond acceptors (Lipinski definition) is 6. The van der Waals surface area contributed by atoms with Gasteiger partial charge in [0.15, 0.2) is 0 Å². The molecule has 0 unspecified atom stereocenters. The molecule has 2 heterocycles. The van der Waals surface area contributed by atoms with Crippen LogP contribution in [0.3, 0.4) is 0 Å². The molecule has 0 N–H and O–H groups in total. The van der Waals surface area contributed by atoms with Crippen molar-refractivity contribution in [2.24, 2.45) is 0 Å². The molecular formula is C34H35ClF3N3O3S. The fourth-order valence-electron chi connectivity index (χ4n) is 5.41. The number of rotatable bonds is 13. The number of ether oxygens (including phenoxy) is 1. The molecule has 0 spiro atoms. The van der Waals surface area contributed by atoms with Gasteiger partial charge in [0.05, 0.1) is 23.6 Å². The van der Waals surface area contributed by atoms with Gasteiger partial charge in [0, 0.05) is 56.2 Å². The molecule has 1 aromatic heterocycles. The third kappa shape index (κ3) is 9.28. The van der Waals surface area contributed by atoms with E-state index < -0.39 is 11.7 Å². The molecule has 0 bridgehead atoms. The highest BCUT2D eigenvalue weighted by molar-refractivity contribution is 7.99. The number of halogens is 4. The summed E-state index contributed by atoms with van der Waals surface area (Å²) in [6, 6.07) is 25.8. The number of carbonyl (C=O) groups is 1. The van der Waals surface area contributed by atoms with Crippen LogP contribution in [0.5, 0.6) is 5.88 Å². The van der Waals surface area contributed by atoms with Gasteiger partial charge in [0.2, 0.25) is 5.91 Å². The van der Waals surface area contributed by atoms with Crippen LogP contribution in [-0.4, -0.2) is 65.2 Å². The van der Waals surface area contributed by atoms with Gasteiger partial charge in [-0.1, -0.05) is 84.4 Å². The van der Waals surface area contributed by atoms with Gasteiger partial charge in [0.1, 0.15) is 5.76 Å². The Bertz CT molecular complexity index is 1480. The molecule has 0 radical (unpaired) electrons. The zero-order valence-electron chi connectivity index (χ0n) is 24.7. The van der Waals surface area contributed by atoms with Crippen molar-refractivity contribution in [1.82, 2.24) is 15.0 Å². The van der Waals surface area contributed by atoms with Crippen molar-refractivity contribution in [3.8, 4) is 5.88 Å². The first-order chi connectivity index (χ1) is 21.8. The Morgan fingerprint density at radius 1 is 1.00 bits per heavy atom. The van der Waals surface area contributed by atoms with Crippen LogP contribution >= 0.6 is 23.4 Å². The topological polar surface area (TPSA) is 58.8 Å². The van der Waals surface area contributed by atoms with E-state index in [1.165, 1.54) is 6.07 Å². The molecule has 1 amide bonds. The summed E-state index contributed by atoms with van der Waals surface area (Å²) in [6.07, 6.45) is -3.84. The molecule has 0 atom stereocenters. The Hall–Kier alpha value is -3.47. The van der Waals surface area contributed by atoms with Crippen molar-refractivity contribution >= 4 is 29.3 Å². The van der Waals surface area contributed by atoms with E-state index in [0.717, 1.165) is 41.8 Å². The lowest BCUT2D eigenvalue weighted by Crippen LogP contribution is -2.38. The van der Waals surface area contributed by atoms with Crippen molar-refractivity contribution in [3.63, 3.8) is 0 Å². The normalized spacial score (nSPS) is 13.9. The fraction of sp³-hybridized carbons (Fsp3) is 0.353. The molecule has 4 aromatic rings. The second kappa shape index (κ2) is 15.7. The third-order valence-electron chi connectivity index (χ3n) is 7.72. The summed E-state index contributed by atoms with van der Waals surface area (Å²) in [6.45, 7) is 3.07. The van der Waals surface area contributed by atoms with E-state index in [9.17, 15) is 18.0 Å². The summed E-state index contributed by atoms with van der Waals surface area (Å²) in [4.78, 5) is 16.5. The van der Waals surface area contributed by atoms with Crippen molar-refractivity contribution in [2.45, 2.75) is 31.5 Å². The summed E-state index contributed by atoms with van der Waals surface area (Å²) in [5.41, 5.74) is 1.78. The van der Waals surface area contributed by atoms with Gasteiger partial charge in [-0.05, 0) is 34.3 Å². The minimum Gasteiger partial charge on any atom is -0.475 e. The molecule has 0 aliphatic carbocycles. The maximum absolute atomic E-state index is 13.6. The van der Waals surface area contributed by atoms with Crippen molar-refractivity contribution in [1.29, 1.82) is 0 Å². The molecule has 1 fully saturated rings. The first kappa shape index (κ1) is 32.9. The highest BCUT2D eigenvalue weighted by atomic mass is 35.5. The van der Waals surface area contributed by atoms with Crippen molar-refractivity contribution in [2.75, 3.05) is 44.3 Å². The summed E-state index contributed by atoms with van der Waals surface area (Å²) in [5, 5.41) is 3.68. The average Bonchev–Trinajstić information content (AvgIpc) is 3.50. The van der Waals surface area contributed by atoms with Crippen LogP contribution in [-0.2, 0) is 23.9 Å². The van der Waals surface area contributed by atoms with E-state index in [0.29, 0.717) is 43.3 Å². The number of thioether (sulfide) groups is 1. The van der Waals surface area contributed by atoms with E-state index in [-0.39, 0.29) is 29.8 Å². The number of carbonyl (C=O) groups excluding carboxylic acids is 1. The number of benzene rings is 3. The van der Waals surface area contributed by atoms with Crippen LogP contribution in [0, 0.1) is 0 Å². The largest absolute Gasteiger partial charge is 0.475 e. The Balaban J connectivity index is 1.27. The number of alkyl halides is 3. The van der Waals surface area contributed by atoms with E-state index in [1.54, 1.807) is 12.1 Å². The Labute approximate surface area is 270 Å². The maximum Gasteiger partial charge on any atom is 0.417 e. The molecular weight excluding hydrogens is 623 g/mol. The predicted molar refractivity (Wildman–Crippen MR) is 171 cm³/mol. The molecule has 1 saturated heterocycles. The highest BCUT2D eigenvalue weighted by Crippen LogP contribution is 2.37. The molecule has 45 heavy (non-hydrogen) atoms. The Morgan fingerprint density at radius 3 is 2.31 bits per heavy atom. The lowest BCUT2D eigenvalue weighted by atomic mass is 9.90. The monoisotopic (exact) mass is 657 g/mol. The van der Waals surface area contributed by atoms with Crippen LogP contribution in [0.2, 0.25) is 5.02 Å². The minimum atomic E-state index is -4.55. The predicted octanol–water partition coefficient (Wildman–Crippen LogP) is 7.57. The number of nitrogens with zero attached hydrogens (tertiary/aromatic N) is 3. The van der Waals surface area contributed by atoms with Gasteiger partial charge < -0.3 is 14.2 Å². The second-order valence-corrected chi connectivity index (χ2v) is 12.5. The maximum atomic E-state index is 13.6. The van der Waals surface area contributed by atoms with Gasteiger partial charge in [-0.3, -0.25) is 9.69 Å². The van der Waals surface area contributed by atoms with Gasteiger partial charge in [0.25, 0.3) is 5.88 Å². The Morgan fingerprint density at radius 2 is 1.67 bits per heavy atom. The third-order valence-corrected chi connectivity index (χ3v) is 9.11. The second-order valence-electron chi connectivity index (χ2n) is 10.9. The van der Waals surface area contributed by atoms with Gasteiger partial charge in [-0.25, -0.2) is 0 Å². The first-order valence-corrected chi connectivity index (χ1v) is 16.4. The average molecular weight is 658 g/mol. The highest BCUT2D eigenvalue weighted by Gasteiger charge is 2.34. The summed E-state index contributed by atoms with van der Waals surface area (Å²) < 4.78 is 52.1. The zero-order chi connectivity index (χ0) is 31.6. The lowest BCUT2D eigenvalue weighted by Gasteiger charge is -2.29. The minimum absolute atomic E-state index is 0.00767. The molecule has 5 rings (SSSR count). The molecule has 3 aromatic carbocycles. The number of amides is 1. The first-order valence-electron chi connectivity index (χ1n) is 14.9. The van der Waals surface area contributed by atoms with E-state index in [2.05, 4.69) is 34.3 Å². The summed E-state index contributed by atoms with van der Waals surface area (Å²) >= 11 is 8.16. The lowest BCUT2D eigenvalue weighted by molar-refractivity contribution is -0.137. The van der Waals surface area contributed by atoms with Gasteiger partial charge >= 0.3 is 6.18 Å². The smallest absolute Gasteiger partial charge is 0.417 e. The van der Waals surface area contributed by atoms with Crippen LogP contribution in [0.1, 0.15) is 40.4 Å². The molecule has 1 aliphatic heterocycles. The fourth-order valence-corrected chi connectivity index (χ4v) is 6.61. The van der Waals surface area contributed by atoms with Crippen LogP contribution in [0.4, 0.5) is 13.2 Å². The van der Waals surface area contributed by atoms with E-state index in [4.69, 9.17) is 20.9 Å². The SMILES string of the molecule is O=C(Cc1cc(OCCCN(Cc2cccc(C(F)(F)F)c2Cl)CC(c2ccccc2)c2ccccc2)no1)N1CCSCC1.